The summed E-state index contributed by atoms with van der Waals surface area (Å²) in [5, 5.41) is 14.0. The van der Waals surface area contributed by atoms with Gasteiger partial charge in [0.15, 0.2) is 5.13 Å². The molecule has 0 saturated heterocycles. The van der Waals surface area contributed by atoms with Gasteiger partial charge in [0, 0.05) is 29.3 Å². The lowest BCUT2D eigenvalue weighted by atomic mass is 10.2. The smallest absolute Gasteiger partial charge is 0.475 e. The fourth-order valence-corrected chi connectivity index (χ4v) is 3.74. The van der Waals surface area contributed by atoms with Gasteiger partial charge >= 0.3 is 12.1 Å². The van der Waals surface area contributed by atoms with Crippen molar-refractivity contribution >= 4 is 55.8 Å². The molecule has 14 heteroatoms. The van der Waals surface area contributed by atoms with Crippen LogP contribution in [0.2, 0.25) is 0 Å². The third-order valence-electron chi connectivity index (χ3n) is 4.68. The number of carboxylic acids is 1. The van der Waals surface area contributed by atoms with E-state index in [1.165, 1.54) is 11.3 Å². The molecule has 10 nitrogen and oxygen atoms in total. The number of hydrogen-bond acceptors (Lipinski definition) is 8. The van der Waals surface area contributed by atoms with E-state index in [0.717, 1.165) is 21.6 Å². The molecule has 0 spiro atoms. The molecule has 4 rings (SSSR count). The number of halogens is 3. The molecule has 2 amide bonds. The molecule has 0 aliphatic carbocycles. The Labute approximate surface area is 217 Å². The highest BCUT2D eigenvalue weighted by Crippen LogP contribution is 2.25. The number of hydrogen-bond donors (Lipinski definition) is 5. The number of pyridine rings is 1. The molecule has 4 aromatic rings. The van der Waals surface area contributed by atoms with Crippen LogP contribution >= 0.6 is 11.3 Å². The summed E-state index contributed by atoms with van der Waals surface area (Å²) in [5.74, 6) is -3.54. The molecule has 38 heavy (non-hydrogen) atoms. The Balaban J connectivity index is 0.000000505. The fraction of sp³-hybridized carbons (Fsp3) is 0.125. The second-order valence-corrected chi connectivity index (χ2v) is 8.57. The zero-order valence-electron chi connectivity index (χ0n) is 19.6. The van der Waals surface area contributed by atoms with Gasteiger partial charge in [-0.05, 0) is 55.5 Å². The first kappa shape index (κ1) is 27.9. The monoisotopic (exact) mass is 546 g/mol. The molecular weight excluding hydrogens is 525 g/mol. The summed E-state index contributed by atoms with van der Waals surface area (Å²) in [7, 11) is 0. The zero-order chi connectivity index (χ0) is 27.7. The number of aromatic nitrogens is 2. The predicted octanol–water partition coefficient (Wildman–Crippen LogP) is 4.33. The Morgan fingerprint density at radius 2 is 1.53 bits per heavy atom. The Morgan fingerprint density at radius 3 is 2.13 bits per heavy atom. The Hall–Kier alpha value is -4.72. The number of aliphatic carboxylic acids is 1. The maximum absolute atomic E-state index is 12.3. The largest absolute Gasteiger partial charge is 0.490 e. The number of rotatable bonds is 6. The number of amides is 2. The number of carbonyl (C=O) groups is 3. The number of alkyl halides is 3. The fourth-order valence-electron chi connectivity index (χ4n) is 2.79. The van der Waals surface area contributed by atoms with Gasteiger partial charge in [0.2, 0.25) is 0 Å². The first-order valence-electron chi connectivity index (χ1n) is 10.8. The number of carbonyl (C=O) groups excluding carboxylic acids is 2. The number of benzene rings is 2. The van der Waals surface area contributed by atoms with Crippen LogP contribution in [0.15, 0.2) is 73.1 Å². The lowest BCUT2D eigenvalue weighted by Gasteiger charge is -2.14. The standard InChI is InChI=1S/C22H20N6O2S.C2HF3O2/c1-14(24-22-26-18-4-2-3-5-19(18)31-22)20(29)27-28-21(30)15-6-8-16(9-7-15)25-17-10-12-23-13-11-17;3-2(4,5)1(6)7/h2-14H,1H3,(H,23,25)(H,24,26)(H,27,29)(H,28,30);(H,6,7). The van der Waals surface area contributed by atoms with Crippen molar-refractivity contribution < 1.29 is 32.7 Å². The summed E-state index contributed by atoms with van der Waals surface area (Å²) in [4.78, 5) is 42.0. The van der Waals surface area contributed by atoms with Gasteiger partial charge < -0.3 is 15.7 Å². The van der Waals surface area contributed by atoms with E-state index in [0.29, 0.717) is 10.7 Å². The molecule has 0 radical (unpaired) electrons. The SMILES string of the molecule is CC(Nc1nc2ccccc2s1)C(=O)NNC(=O)c1ccc(Nc2ccncc2)cc1.O=C(O)C(F)(F)F. The molecule has 0 saturated carbocycles. The van der Waals surface area contributed by atoms with Crippen LogP contribution in [-0.4, -0.2) is 45.1 Å². The maximum atomic E-state index is 12.3. The second kappa shape index (κ2) is 12.5. The number of para-hydroxylation sites is 1. The minimum Gasteiger partial charge on any atom is -0.475 e. The normalized spacial score (nSPS) is 11.5. The maximum Gasteiger partial charge on any atom is 0.490 e. The van der Waals surface area contributed by atoms with E-state index in [9.17, 15) is 22.8 Å². The van der Waals surface area contributed by atoms with Crippen molar-refractivity contribution in [3.63, 3.8) is 0 Å². The average Bonchev–Trinajstić information content (AvgIpc) is 3.30. The minimum absolute atomic E-state index is 0.372. The molecule has 2 heterocycles. The lowest BCUT2D eigenvalue weighted by Crippen LogP contribution is -2.47. The Morgan fingerprint density at radius 1 is 0.921 bits per heavy atom. The number of hydrazine groups is 1. The minimum atomic E-state index is -5.08. The Bertz CT molecular complexity index is 1360. The van der Waals surface area contributed by atoms with Crippen LogP contribution in [0, 0.1) is 0 Å². The first-order chi connectivity index (χ1) is 18.0. The lowest BCUT2D eigenvalue weighted by molar-refractivity contribution is -0.192. The van der Waals surface area contributed by atoms with Gasteiger partial charge in [-0.2, -0.15) is 13.2 Å². The van der Waals surface area contributed by atoms with Crippen LogP contribution in [0.3, 0.4) is 0 Å². The van der Waals surface area contributed by atoms with E-state index >= 15 is 0 Å². The van der Waals surface area contributed by atoms with Crippen molar-refractivity contribution in [1.82, 2.24) is 20.8 Å². The molecule has 1 atom stereocenters. The molecule has 2 aromatic heterocycles. The van der Waals surface area contributed by atoms with Crippen LogP contribution in [0.25, 0.3) is 10.2 Å². The summed E-state index contributed by atoms with van der Waals surface area (Å²) in [6.07, 6.45) is -1.70. The molecule has 198 valence electrons. The van der Waals surface area contributed by atoms with E-state index < -0.39 is 24.1 Å². The van der Waals surface area contributed by atoms with Gasteiger partial charge in [-0.15, -0.1) is 0 Å². The zero-order valence-corrected chi connectivity index (χ0v) is 20.4. The van der Waals surface area contributed by atoms with Gasteiger partial charge in [0.05, 0.1) is 10.2 Å². The molecule has 0 bridgehead atoms. The van der Waals surface area contributed by atoms with E-state index in [2.05, 4.69) is 31.5 Å². The number of nitrogens with one attached hydrogen (secondary N) is 4. The number of carboxylic acid groups (broad SMARTS) is 1. The van der Waals surface area contributed by atoms with Crippen LogP contribution in [0.1, 0.15) is 17.3 Å². The number of anilines is 3. The summed E-state index contributed by atoms with van der Waals surface area (Å²) < 4.78 is 32.8. The van der Waals surface area contributed by atoms with Gasteiger partial charge in [0.1, 0.15) is 6.04 Å². The predicted molar refractivity (Wildman–Crippen MR) is 136 cm³/mol. The van der Waals surface area contributed by atoms with Gasteiger partial charge in [-0.1, -0.05) is 23.5 Å². The number of nitrogens with zero attached hydrogens (tertiary/aromatic N) is 2. The van der Waals surface area contributed by atoms with Crippen LogP contribution in [-0.2, 0) is 9.59 Å². The molecular formula is C24H21F3N6O4S. The van der Waals surface area contributed by atoms with Crippen LogP contribution in [0.5, 0.6) is 0 Å². The third kappa shape index (κ3) is 8.16. The molecule has 0 aliphatic rings. The summed E-state index contributed by atoms with van der Waals surface area (Å²) in [6, 6.07) is 17.8. The van der Waals surface area contributed by atoms with Gasteiger partial charge in [-0.3, -0.25) is 25.4 Å². The Kier molecular flexibility index (Phi) is 9.16. The third-order valence-corrected chi connectivity index (χ3v) is 5.65. The van der Waals surface area contributed by atoms with Gasteiger partial charge in [-0.25, -0.2) is 9.78 Å². The van der Waals surface area contributed by atoms with E-state index in [1.807, 2.05) is 36.4 Å². The van der Waals surface area contributed by atoms with Crippen molar-refractivity contribution in [2.75, 3.05) is 10.6 Å². The molecule has 1 unspecified atom stereocenters. The van der Waals surface area contributed by atoms with Crippen molar-refractivity contribution in [2.24, 2.45) is 0 Å². The highest BCUT2D eigenvalue weighted by molar-refractivity contribution is 7.22. The first-order valence-corrected chi connectivity index (χ1v) is 11.6. The van der Waals surface area contributed by atoms with Crippen molar-refractivity contribution in [1.29, 1.82) is 0 Å². The number of fused-ring (bicyclic) bond motifs is 1. The second-order valence-electron chi connectivity index (χ2n) is 7.54. The van der Waals surface area contributed by atoms with E-state index in [-0.39, 0.29) is 5.91 Å². The molecule has 0 aliphatic heterocycles. The molecule has 5 N–H and O–H groups in total. The van der Waals surface area contributed by atoms with Crippen molar-refractivity contribution in [2.45, 2.75) is 19.1 Å². The van der Waals surface area contributed by atoms with E-state index in [1.54, 1.807) is 43.6 Å². The highest BCUT2D eigenvalue weighted by atomic mass is 32.1. The van der Waals surface area contributed by atoms with Crippen molar-refractivity contribution in [3.05, 3.63) is 78.6 Å². The highest BCUT2D eigenvalue weighted by Gasteiger charge is 2.38. The average molecular weight is 547 g/mol. The summed E-state index contributed by atoms with van der Waals surface area (Å²) >= 11 is 1.47. The van der Waals surface area contributed by atoms with Gasteiger partial charge in [0.25, 0.3) is 11.8 Å². The summed E-state index contributed by atoms with van der Waals surface area (Å²) in [6.45, 7) is 1.70. The molecule has 2 aromatic carbocycles. The van der Waals surface area contributed by atoms with Crippen LogP contribution < -0.4 is 21.5 Å². The van der Waals surface area contributed by atoms with Crippen molar-refractivity contribution in [3.8, 4) is 0 Å². The summed E-state index contributed by atoms with van der Waals surface area (Å²) in [5.41, 5.74) is 7.91. The van der Waals surface area contributed by atoms with E-state index in [4.69, 9.17) is 9.90 Å². The van der Waals surface area contributed by atoms with Crippen LogP contribution in [0.4, 0.5) is 29.7 Å². The molecule has 0 fully saturated rings. The number of thiazole rings is 1. The quantitative estimate of drug-likeness (QED) is 0.225. The topological polar surface area (TPSA) is 145 Å².